The first-order chi connectivity index (χ1) is 19.7. The topological polar surface area (TPSA) is 103 Å². The second-order valence-corrected chi connectivity index (χ2v) is 14.2. The molecule has 8 nitrogen and oxygen atoms in total. The lowest BCUT2D eigenvalue weighted by Crippen LogP contribution is -2.39. The summed E-state index contributed by atoms with van der Waals surface area (Å²) in [4.78, 5) is 20.0. The van der Waals surface area contributed by atoms with Crippen LogP contribution in [0.2, 0.25) is 0 Å². The number of nitrogens with two attached hydrogens (primary N) is 1. The van der Waals surface area contributed by atoms with Gasteiger partial charge in [0, 0.05) is 36.7 Å². The molecular weight excluding hydrogens is 534 g/mol. The lowest BCUT2D eigenvalue weighted by molar-refractivity contribution is -0.117. The van der Waals surface area contributed by atoms with Crippen molar-refractivity contribution in [2.24, 2.45) is 5.73 Å². The molecular formula is C32H45N5O3S. The number of primary amides is 1. The number of carbonyl (C=O) groups excluding carboxylic acids is 1. The Balaban J connectivity index is 1.35. The van der Waals surface area contributed by atoms with Crippen LogP contribution in [0.25, 0.3) is 22.0 Å². The average molecular weight is 580 g/mol. The maximum atomic E-state index is 12.9. The van der Waals surface area contributed by atoms with Crippen LogP contribution >= 0.6 is 0 Å². The van der Waals surface area contributed by atoms with Gasteiger partial charge in [0.05, 0.1) is 12.2 Å². The summed E-state index contributed by atoms with van der Waals surface area (Å²) < 4.78 is 27.5. The van der Waals surface area contributed by atoms with Crippen LogP contribution < -0.4 is 5.73 Å². The highest BCUT2D eigenvalue weighted by atomic mass is 32.2. The molecule has 2 aliphatic heterocycles. The van der Waals surface area contributed by atoms with Crippen molar-refractivity contribution in [3.05, 3.63) is 59.3 Å². The van der Waals surface area contributed by atoms with E-state index in [0.717, 1.165) is 53.5 Å². The Bertz CT molecular complexity index is 1430. The van der Waals surface area contributed by atoms with E-state index in [0.29, 0.717) is 19.5 Å². The van der Waals surface area contributed by atoms with E-state index in [1.165, 1.54) is 43.5 Å². The summed E-state index contributed by atoms with van der Waals surface area (Å²) in [6.07, 6.45) is 8.31. The van der Waals surface area contributed by atoms with Crippen molar-refractivity contribution >= 4 is 26.8 Å². The SMILES string of the molecule is CN(C)CCCS(=O)(=O)N1CCC(c2c[nH]c3c(CC(N)=O)cc(-c4ccc(CN5CCCCC5)cc4)cc23)CC1. The molecule has 222 valence electrons. The zero-order valence-corrected chi connectivity index (χ0v) is 25.4. The van der Waals surface area contributed by atoms with Crippen LogP contribution in [0.4, 0.5) is 0 Å². The smallest absolute Gasteiger partial charge is 0.221 e. The second kappa shape index (κ2) is 13.1. The number of hydrogen-bond donors (Lipinski definition) is 2. The normalized spacial score (nSPS) is 17.9. The molecule has 1 aromatic heterocycles. The number of sulfonamides is 1. The molecule has 9 heteroatoms. The molecule has 0 spiro atoms. The number of nitrogens with one attached hydrogen (secondary N) is 1. The zero-order valence-electron chi connectivity index (χ0n) is 24.6. The zero-order chi connectivity index (χ0) is 29.0. The van der Waals surface area contributed by atoms with Crippen LogP contribution in [0, 0.1) is 0 Å². The third kappa shape index (κ3) is 7.38. The van der Waals surface area contributed by atoms with E-state index in [2.05, 4.69) is 46.3 Å². The molecule has 2 saturated heterocycles. The minimum atomic E-state index is -3.25. The van der Waals surface area contributed by atoms with E-state index in [1.54, 1.807) is 4.31 Å². The Morgan fingerprint density at radius 3 is 2.37 bits per heavy atom. The van der Waals surface area contributed by atoms with Gasteiger partial charge >= 0.3 is 0 Å². The molecule has 3 N–H and O–H groups in total. The lowest BCUT2D eigenvalue weighted by Gasteiger charge is -2.31. The van der Waals surface area contributed by atoms with Crippen molar-refractivity contribution < 1.29 is 13.2 Å². The van der Waals surface area contributed by atoms with Crippen LogP contribution in [0.15, 0.2) is 42.6 Å². The van der Waals surface area contributed by atoms with Gasteiger partial charge in [-0.05, 0) is 112 Å². The molecule has 0 radical (unpaired) electrons. The Hall–Kier alpha value is -2.72. The minimum Gasteiger partial charge on any atom is -0.369 e. The van der Waals surface area contributed by atoms with Gasteiger partial charge in [-0.15, -0.1) is 0 Å². The molecule has 0 atom stereocenters. The minimum absolute atomic E-state index is 0.168. The molecule has 0 aliphatic carbocycles. The molecule has 41 heavy (non-hydrogen) atoms. The van der Waals surface area contributed by atoms with Gasteiger partial charge in [-0.2, -0.15) is 0 Å². The monoisotopic (exact) mass is 579 g/mol. The number of carbonyl (C=O) groups is 1. The number of likely N-dealkylation sites (tertiary alicyclic amines) is 1. The maximum absolute atomic E-state index is 12.9. The predicted octanol–water partition coefficient (Wildman–Crippen LogP) is 4.31. The number of fused-ring (bicyclic) bond motifs is 1. The summed E-state index contributed by atoms with van der Waals surface area (Å²) in [5.74, 6) is 0.0874. The van der Waals surface area contributed by atoms with Gasteiger partial charge in [-0.1, -0.05) is 30.7 Å². The van der Waals surface area contributed by atoms with Crippen molar-refractivity contribution in [1.29, 1.82) is 0 Å². The highest BCUT2D eigenvalue weighted by Crippen LogP contribution is 2.37. The van der Waals surface area contributed by atoms with Crippen LogP contribution in [-0.2, 0) is 27.8 Å². The fourth-order valence-corrected chi connectivity index (χ4v) is 7.99. The van der Waals surface area contributed by atoms with E-state index >= 15 is 0 Å². The second-order valence-electron chi connectivity index (χ2n) is 12.1. The average Bonchev–Trinajstić information content (AvgIpc) is 3.38. The predicted molar refractivity (Wildman–Crippen MR) is 166 cm³/mol. The van der Waals surface area contributed by atoms with Crippen molar-refractivity contribution in [2.45, 2.75) is 57.4 Å². The molecule has 1 amide bonds. The van der Waals surface area contributed by atoms with E-state index < -0.39 is 10.0 Å². The van der Waals surface area contributed by atoms with Gasteiger partial charge in [0.1, 0.15) is 0 Å². The first kappa shape index (κ1) is 29.8. The number of aromatic nitrogens is 1. The molecule has 3 heterocycles. The Labute approximate surface area is 244 Å². The van der Waals surface area contributed by atoms with Gasteiger partial charge in [-0.3, -0.25) is 9.69 Å². The summed E-state index contributed by atoms with van der Waals surface area (Å²) in [7, 11) is 0.681. The molecule has 5 rings (SSSR count). The number of nitrogens with zero attached hydrogens (tertiary/aromatic N) is 3. The number of piperidine rings is 2. The van der Waals surface area contributed by atoms with Crippen molar-refractivity contribution in [2.75, 3.05) is 52.6 Å². The van der Waals surface area contributed by atoms with Crippen LogP contribution in [0.5, 0.6) is 0 Å². The third-order valence-corrected chi connectivity index (χ3v) is 10.7. The molecule has 0 bridgehead atoms. The number of H-pyrrole nitrogens is 1. The first-order valence-corrected chi connectivity index (χ1v) is 16.7. The van der Waals surface area contributed by atoms with E-state index in [1.807, 2.05) is 25.2 Å². The van der Waals surface area contributed by atoms with Gasteiger partial charge in [0.2, 0.25) is 15.9 Å². The third-order valence-electron chi connectivity index (χ3n) is 8.70. The van der Waals surface area contributed by atoms with E-state index in [4.69, 9.17) is 5.73 Å². The maximum Gasteiger partial charge on any atom is 0.221 e. The van der Waals surface area contributed by atoms with Crippen LogP contribution in [0.1, 0.15) is 61.1 Å². The van der Waals surface area contributed by atoms with Crippen molar-refractivity contribution in [3.8, 4) is 11.1 Å². The van der Waals surface area contributed by atoms with Crippen molar-refractivity contribution in [3.63, 3.8) is 0 Å². The lowest BCUT2D eigenvalue weighted by atomic mass is 9.88. The summed E-state index contributed by atoms with van der Waals surface area (Å²) >= 11 is 0. The first-order valence-electron chi connectivity index (χ1n) is 15.1. The molecule has 2 aliphatic rings. The highest BCUT2D eigenvalue weighted by Gasteiger charge is 2.30. The quantitative estimate of drug-likeness (QED) is 0.353. The molecule has 3 aromatic rings. The van der Waals surface area contributed by atoms with Crippen LogP contribution in [0.3, 0.4) is 0 Å². The summed E-state index contributed by atoms with van der Waals surface area (Å²) in [6.45, 7) is 5.17. The molecule has 2 fully saturated rings. The summed E-state index contributed by atoms with van der Waals surface area (Å²) in [6, 6.07) is 13.1. The summed E-state index contributed by atoms with van der Waals surface area (Å²) in [5, 5.41) is 1.10. The number of hydrogen-bond acceptors (Lipinski definition) is 5. The van der Waals surface area contributed by atoms with Crippen molar-refractivity contribution in [1.82, 2.24) is 19.1 Å². The fraction of sp³-hybridized carbons (Fsp3) is 0.531. The van der Waals surface area contributed by atoms with Gasteiger partial charge in [0.15, 0.2) is 0 Å². The number of aromatic amines is 1. The van der Waals surface area contributed by atoms with E-state index in [-0.39, 0.29) is 24.0 Å². The largest absolute Gasteiger partial charge is 0.369 e. The molecule has 0 saturated carbocycles. The summed E-state index contributed by atoms with van der Waals surface area (Å²) in [5.41, 5.74) is 12.2. The van der Waals surface area contributed by atoms with Gasteiger partial charge in [0.25, 0.3) is 0 Å². The highest BCUT2D eigenvalue weighted by molar-refractivity contribution is 7.89. The number of rotatable bonds is 11. The number of benzene rings is 2. The Morgan fingerprint density at radius 2 is 1.71 bits per heavy atom. The molecule has 2 aromatic carbocycles. The van der Waals surface area contributed by atoms with Gasteiger partial charge < -0.3 is 15.6 Å². The Kier molecular flexibility index (Phi) is 9.49. The standard InChI is InChI=1S/C32H45N5O3S/c1-35(2)13-6-18-41(39,40)37-16-11-26(12-17-37)30-22-34-32-28(21-31(33)38)19-27(20-29(30)32)25-9-7-24(8-10-25)23-36-14-4-3-5-15-36/h7-10,19-20,22,26,34H,3-6,11-18,21,23H2,1-2H3,(H2,33,38). The number of amides is 1. The van der Waals surface area contributed by atoms with Gasteiger partial charge in [-0.25, -0.2) is 12.7 Å². The molecule has 0 unspecified atom stereocenters. The fourth-order valence-electron chi connectivity index (χ4n) is 6.48. The Morgan fingerprint density at radius 1 is 1.00 bits per heavy atom. The van der Waals surface area contributed by atoms with E-state index in [9.17, 15) is 13.2 Å². The van der Waals surface area contributed by atoms with Crippen LogP contribution in [-0.4, -0.2) is 86.0 Å².